The van der Waals surface area contributed by atoms with Crippen LogP contribution in [0.3, 0.4) is 0 Å². The van der Waals surface area contributed by atoms with Gasteiger partial charge in [0, 0.05) is 29.3 Å². The Balaban J connectivity index is 1.98. The van der Waals surface area contributed by atoms with Crippen LogP contribution in [0.15, 0.2) is 42.5 Å². The first-order chi connectivity index (χ1) is 9.56. The lowest BCUT2D eigenvalue weighted by Crippen LogP contribution is -1.99. The molecule has 0 unspecified atom stereocenters. The maximum atomic E-state index is 6.02. The lowest BCUT2D eigenvalue weighted by atomic mass is 10.1. The second kappa shape index (κ2) is 6.02. The number of hydrogen-bond donors (Lipinski definition) is 4. The Kier molecular flexibility index (Phi) is 4.15. The topological polar surface area (TPSA) is 90.1 Å². The fourth-order valence-corrected chi connectivity index (χ4v) is 1.96. The van der Waals surface area contributed by atoms with Gasteiger partial charge in [-0.1, -0.05) is 12.2 Å². The van der Waals surface area contributed by atoms with E-state index < -0.39 is 0 Å². The first-order valence-corrected chi connectivity index (χ1v) is 6.48. The molecule has 0 aliphatic heterocycles. The van der Waals surface area contributed by atoms with E-state index in [0.717, 1.165) is 33.9 Å². The van der Waals surface area contributed by atoms with Crippen molar-refractivity contribution >= 4 is 28.8 Å². The molecule has 2 aromatic rings. The number of nitrogens with one attached hydrogen (secondary N) is 1. The third-order valence-electron chi connectivity index (χ3n) is 3.07. The molecule has 4 heteroatoms. The van der Waals surface area contributed by atoms with Gasteiger partial charge in [0.25, 0.3) is 0 Å². The third-order valence-corrected chi connectivity index (χ3v) is 3.07. The summed E-state index contributed by atoms with van der Waals surface area (Å²) in [5.74, 6) is 0. The van der Waals surface area contributed by atoms with E-state index in [0.29, 0.717) is 6.54 Å². The van der Waals surface area contributed by atoms with Crippen LogP contribution in [-0.4, -0.2) is 6.54 Å². The van der Waals surface area contributed by atoms with E-state index in [1.165, 1.54) is 0 Å². The minimum atomic E-state index is 0.706. The van der Waals surface area contributed by atoms with Gasteiger partial charge in [0.1, 0.15) is 0 Å². The van der Waals surface area contributed by atoms with Crippen molar-refractivity contribution in [2.45, 2.75) is 6.92 Å². The van der Waals surface area contributed by atoms with Crippen molar-refractivity contribution in [3.05, 3.63) is 53.6 Å². The Labute approximate surface area is 119 Å². The minimum Gasteiger partial charge on any atom is -0.399 e. The van der Waals surface area contributed by atoms with Crippen molar-refractivity contribution in [1.82, 2.24) is 0 Å². The Hall–Kier alpha value is -2.62. The number of hydrogen-bond acceptors (Lipinski definition) is 4. The van der Waals surface area contributed by atoms with Gasteiger partial charge in [-0.2, -0.15) is 0 Å². The molecule has 0 radical (unpaired) electrons. The number of rotatable bonds is 4. The summed E-state index contributed by atoms with van der Waals surface area (Å²) < 4.78 is 0. The van der Waals surface area contributed by atoms with Crippen LogP contribution in [0.2, 0.25) is 0 Å². The molecule has 0 aliphatic rings. The molecule has 0 heterocycles. The molecule has 2 aromatic carbocycles. The molecule has 0 aliphatic carbocycles. The molecular formula is C16H20N4. The monoisotopic (exact) mass is 268 g/mol. The summed E-state index contributed by atoms with van der Waals surface area (Å²) in [6.45, 7) is 2.66. The molecule has 2 rings (SSSR count). The van der Waals surface area contributed by atoms with Crippen LogP contribution in [0.25, 0.3) is 6.08 Å². The molecule has 0 spiro atoms. The second-order valence-electron chi connectivity index (χ2n) is 4.75. The maximum Gasteiger partial charge on any atom is 0.0418 e. The Morgan fingerprint density at radius 3 is 2.40 bits per heavy atom. The largest absolute Gasteiger partial charge is 0.399 e. The molecule has 104 valence electrons. The van der Waals surface area contributed by atoms with Gasteiger partial charge in [0.2, 0.25) is 0 Å². The van der Waals surface area contributed by atoms with Crippen LogP contribution < -0.4 is 22.5 Å². The zero-order chi connectivity index (χ0) is 14.5. The zero-order valence-electron chi connectivity index (χ0n) is 11.6. The maximum absolute atomic E-state index is 6.02. The molecule has 0 fully saturated rings. The van der Waals surface area contributed by atoms with Crippen LogP contribution in [0, 0.1) is 6.92 Å². The molecule has 0 saturated carbocycles. The summed E-state index contributed by atoms with van der Waals surface area (Å²) in [6.07, 6.45) is 3.99. The zero-order valence-corrected chi connectivity index (χ0v) is 11.6. The average Bonchev–Trinajstić information content (AvgIpc) is 2.42. The van der Waals surface area contributed by atoms with Crippen molar-refractivity contribution in [2.24, 2.45) is 0 Å². The van der Waals surface area contributed by atoms with Crippen LogP contribution >= 0.6 is 0 Å². The standard InChI is InChI=1S/C16H20N4/c1-11-9-14(18)10-12(16(11)19)3-2-8-20-15-6-4-13(17)5-7-15/h2-7,9-10,20H,8,17-19H2,1H3/b3-2+. The number of nitrogens with two attached hydrogens (primary N) is 3. The number of aryl methyl sites for hydroxylation is 1. The van der Waals surface area contributed by atoms with Gasteiger partial charge in [-0.15, -0.1) is 0 Å². The van der Waals surface area contributed by atoms with E-state index in [2.05, 4.69) is 5.32 Å². The normalized spacial score (nSPS) is 10.8. The van der Waals surface area contributed by atoms with E-state index in [1.807, 2.05) is 55.5 Å². The van der Waals surface area contributed by atoms with Crippen LogP contribution in [0.1, 0.15) is 11.1 Å². The predicted molar refractivity (Wildman–Crippen MR) is 88.4 cm³/mol. The van der Waals surface area contributed by atoms with Gasteiger partial charge < -0.3 is 22.5 Å². The number of benzene rings is 2. The fraction of sp³-hybridized carbons (Fsp3) is 0.125. The van der Waals surface area contributed by atoms with E-state index >= 15 is 0 Å². The third kappa shape index (κ3) is 3.45. The van der Waals surface area contributed by atoms with Gasteiger partial charge in [-0.3, -0.25) is 0 Å². The van der Waals surface area contributed by atoms with E-state index in [4.69, 9.17) is 17.2 Å². The summed E-state index contributed by atoms with van der Waals surface area (Å²) in [5, 5.41) is 3.28. The molecule has 0 atom stereocenters. The molecule has 0 aromatic heterocycles. The summed E-state index contributed by atoms with van der Waals surface area (Å²) in [6, 6.07) is 11.4. The van der Waals surface area contributed by atoms with Crippen molar-refractivity contribution in [3.63, 3.8) is 0 Å². The molecule has 0 saturated heterocycles. The highest BCUT2D eigenvalue weighted by atomic mass is 14.9. The molecule has 20 heavy (non-hydrogen) atoms. The summed E-state index contributed by atoms with van der Waals surface area (Å²) in [5.41, 5.74) is 22.7. The number of nitrogen functional groups attached to an aromatic ring is 3. The van der Waals surface area contributed by atoms with E-state index in [9.17, 15) is 0 Å². The Bertz CT molecular complexity index is 615. The van der Waals surface area contributed by atoms with Gasteiger partial charge in [0.15, 0.2) is 0 Å². The highest BCUT2D eigenvalue weighted by molar-refractivity contribution is 5.72. The van der Waals surface area contributed by atoms with Crippen LogP contribution in [0.5, 0.6) is 0 Å². The summed E-state index contributed by atoms with van der Waals surface area (Å²) >= 11 is 0. The average molecular weight is 268 g/mol. The van der Waals surface area contributed by atoms with Crippen molar-refractivity contribution in [3.8, 4) is 0 Å². The van der Waals surface area contributed by atoms with Crippen molar-refractivity contribution in [1.29, 1.82) is 0 Å². The summed E-state index contributed by atoms with van der Waals surface area (Å²) in [4.78, 5) is 0. The summed E-state index contributed by atoms with van der Waals surface area (Å²) in [7, 11) is 0. The lowest BCUT2D eigenvalue weighted by molar-refractivity contribution is 1.34. The molecular weight excluding hydrogens is 248 g/mol. The fourth-order valence-electron chi connectivity index (χ4n) is 1.96. The second-order valence-corrected chi connectivity index (χ2v) is 4.75. The lowest BCUT2D eigenvalue weighted by Gasteiger charge is -2.07. The smallest absolute Gasteiger partial charge is 0.0418 e. The van der Waals surface area contributed by atoms with Gasteiger partial charge in [-0.05, 0) is 54.4 Å². The van der Waals surface area contributed by atoms with Crippen LogP contribution in [-0.2, 0) is 0 Å². The Morgan fingerprint density at radius 1 is 1.00 bits per heavy atom. The highest BCUT2D eigenvalue weighted by Crippen LogP contribution is 2.22. The molecule has 0 amide bonds. The predicted octanol–water partition coefficient (Wildman–Crippen LogP) is 2.87. The molecule has 7 N–H and O–H groups in total. The van der Waals surface area contributed by atoms with Gasteiger partial charge in [0.05, 0.1) is 0 Å². The van der Waals surface area contributed by atoms with Crippen LogP contribution in [0.4, 0.5) is 22.7 Å². The highest BCUT2D eigenvalue weighted by Gasteiger charge is 2.00. The van der Waals surface area contributed by atoms with Gasteiger partial charge >= 0.3 is 0 Å². The quantitative estimate of drug-likeness (QED) is 0.642. The minimum absolute atomic E-state index is 0.706. The number of anilines is 4. The van der Waals surface area contributed by atoms with Crippen molar-refractivity contribution in [2.75, 3.05) is 29.1 Å². The Morgan fingerprint density at radius 2 is 1.70 bits per heavy atom. The van der Waals surface area contributed by atoms with Gasteiger partial charge in [-0.25, -0.2) is 0 Å². The van der Waals surface area contributed by atoms with E-state index in [-0.39, 0.29) is 0 Å². The SMILES string of the molecule is Cc1cc(N)cc(/C=C/CNc2ccc(N)cc2)c1N. The van der Waals surface area contributed by atoms with Crippen molar-refractivity contribution < 1.29 is 0 Å². The molecule has 4 nitrogen and oxygen atoms in total. The molecule has 0 bridgehead atoms. The van der Waals surface area contributed by atoms with E-state index in [1.54, 1.807) is 0 Å². The first kappa shape index (κ1) is 13.8. The first-order valence-electron chi connectivity index (χ1n) is 6.48.